The van der Waals surface area contributed by atoms with Gasteiger partial charge in [0.1, 0.15) is 12.2 Å². The molecule has 1 fully saturated rings. The van der Waals surface area contributed by atoms with Crippen molar-refractivity contribution in [1.29, 1.82) is 0 Å². The summed E-state index contributed by atoms with van der Waals surface area (Å²) in [5.41, 5.74) is 2.09. The lowest BCUT2D eigenvalue weighted by Crippen LogP contribution is -2.52. The number of benzene rings is 2. The van der Waals surface area contributed by atoms with E-state index in [0.29, 0.717) is 13.2 Å². The fraction of sp³-hybridized carbons (Fsp3) is 0.381. The summed E-state index contributed by atoms with van der Waals surface area (Å²) < 4.78 is 17.4. The molecule has 0 radical (unpaired) electrons. The third-order valence-electron chi connectivity index (χ3n) is 4.65. The van der Waals surface area contributed by atoms with E-state index in [1.54, 1.807) is 0 Å². The van der Waals surface area contributed by atoms with Crippen molar-refractivity contribution in [3.63, 3.8) is 0 Å². The van der Waals surface area contributed by atoms with Crippen molar-refractivity contribution < 1.29 is 19.0 Å². The summed E-state index contributed by atoms with van der Waals surface area (Å²) in [6.45, 7) is 4.73. The quantitative estimate of drug-likeness (QED) is 0.752. The second-order valence-electron chi connectivity index (χ2n) is 6.48. The summed E-state index contributed by atoms with van der Waals surface area (Å²) in [7, 11) is 0. The van der Waals surface area contributed by atoms with E-state index < -0.39 is 6.10 Å². The van der Waals surface area contributed by atoms with Crippen LogP contribution in [0.2, 0.25) is 0 Å². The lowest BCUT2D eigenvalue weighted by molar-refractivity contribution is -0.205. The first-order valence-electron chi connectivity index (χ1n) is 8.66. The molecule has 0 amide bonds. The Bertz CT molecular complexity index is 671. The topological polar surface area (TPSA) is 44.8 Å². The highest BCUT2D eigenvalue weighted by atomic mass is 16.6. The molecule has 0 unspecified atom stereocenters. The number of hydrogen-bond donors (Lipinski definition) is 0. The maximum absolute atomic E-state index is 12.4. The first kappa shape index (κ1) is 17.6. The zero-order valence-electron chi connectivity index (χ0n) is 14.6. The molecular formula is C21H24O4. The molecule has 2 aromatic carbocycles. The Hall–Kier alpha value is -2.17. The van der Waals surface area contributed by atoms with Crippen molar-refractivity contribution in [2.75, 3.05) is 0 Å². The molecule has 1 saturated heterocycles. The van der Waals surface area contributed by atoms with E-state index in [1.165, 1.54) is 0 Å². The van der Waals surface area contributed by atoms with Crippen LogP contribution in [0.25, 0.3) is 0 Å². The van der Waals surface area contributed by atoms with Crippen molar-refractivity contribution in [3.05, 3.63) is 71.8 Å². The van der Waals surface area contributed by atoms with E-state index in [1.807, 2.05) is 74.5 Å². The Morgan fingerprint density at radius 2 is 1.36 bits per heavy atom. The van der Waals surface area contributed by atoms with Gasteiger partial charge < -0.3 is 14.2 Å². The van der Waals surface area contributed by atoms with Crippen molar-refractivity contribution in [2.45, 2.75) is 45.4 Å². The highest BCUT2D eigenvalue weighted by Gasteiger charge is 2.43. The summed E-state index contributed by atoms with van der Waals surface area (Å²) in [6.07, 6.45) is -1.24. The number of carbonyl (C=O) groups is 1. The summed E-state index contributed by atoms with van der Waals surface area (Å²) in [6, 6.07) is 19.7. The number of carbonyl (C=O) groups excluding carboxylic acids is 1. The Kier molecular flexibility index (Phi) is 5.84. The Balaban J connectivity index is 1.68. The van der Waals surface area contributed by atoms with Crippen molar-refractivity contribution in [1.82, 2.24) is 0 Å². The van der Waals surface area contributed by atoms with Crippen LogP contribution in [0.1, 0.15) is 25.0 Å². The molecule has 1 aliphatic heterocycles. The average Bonchev–Trinajstić information content (AvgIpc) is 2.64. The first-order valence-corrected chi connectivity index (χ1v) is 8.66. The molecule has 1 aliphatic rings. The minimum Gasteiger partial charge on any atom is -0.460 e. The van der Waals surface area contributed by atoms with Gasteiger partial charge in [0, 0.05) is 5.92 Å². The monoisotopic (exact) mass is 340 g/mol. The largest absolute Gasteiger partial charge is 0.460 e. The molecule has 4 atom stereocenters. The number of hydrogen-bond acceptors (Lipinski definition) is 4. The number of ether oxygens (including phenoxy) is 3. The lowest BCUT2D eigenvalue weighted by atomic mass is 9.91. The lowest BCUT2D eigenvalue weighted by Gasteiger charge is -2.38. The second-order valence-corrected chi connectivity index (χ2v) is 6.48. The van der Waals surface area contributed by atoms with Gasteiger partial charge in [-0.25, -0.2) is 4.79 Å². The van der Waals surface area contributed by atoms with Gasteiger partial charge in [0.25, 0.3) is 0 Å². The van der Waals surface area contributed by atoms with Crippen molar-refractivity contribution in [2.24, 2.45) is 5.92 Å². The van der Waals surface area contributed by atoms with Crippen LogP contribution < -0.4 is 0 Å². The molecule has 4 nitrogen and oxygen atoms in total. The summed E-state index contributed by atoms with van der Waals surface area (Å²) in [5.74, 6) is -0.290. The minimum atomic E-state index is -0.713. The predicted octanol–water partition coefficient (Wildman–Crippen LogP) is 3.74. The van der Waals surface area contributed by atoms with Crippen molar-refractivity contribution in [3.8, 4) is 0 Å². The van der Waals surface area contributed by atoms with Gasteiger partial charge in [-0.2, -0.15) is 0 Å². The van der Waals surface area contributed by atoms with Crippen LogP contribution in [-0.4, -0.2) is 24.3 Å². The van der Waals surface area contributed by atoms with E-state index in [4.69, 9.17) is 14.2 Å². The zero-order chi connectivity index (χ0) is 17.6. The van der Waals surface area contributed by atoms with Crippen LogP contribution in [0.15, 0.2) is 60.7 Å². The Morgan fingerprint density at radius 3 is 1.92 bits per heavy atom. The van der Waals surface area contributed by atoms with E-state index in [9.17, 15) is 4.79 Å². The van der Waals surface area contributed by atoms with Gasteiger partial charge in [-0.15, -0.1) is 0 Å². The first-order chi connectivity index (χ1) is 12.1. The third kappa shape index (κ3) is 4.47. The fourth-order valence-corrected chi connectivity index (χ4v) is 2.96. The SMILES string of the molecule is C[C@H]1[C@H](OCc2ccccc2)[C@@H](OCc2ccccc2)C(=O)O[C@@H]1C. The minimum absolute atomic E-state index is 0.0576. The predicted molar refractivity (Wildman–Crippen MR) is 94.8 cm³/mol. The standard InChI is InChI=1S/C21H24O4/c1-15-16(2)25-21(22)20(24-14-18-11-7-4-8-12-18)19(15)23-13-17-9-5-3-6-10-17/h3-12,15-16,19-20H,13-14H2,1-2H3/t15-,16-,19+,20-/m1/s1. The second kappa shape index (κ2) is 8.28. The Morgan fingerprint density at radius 1 is 0.840 bits per heavy atom. The van der Waals surface area contributed by atoms with Crippen LogP contribution >= 0.6 is 0 Å². The molecule has 0 spiro atoms. The van der Waals surface area contributed by atoms with Crippen LogP contribution in [0, 0.1) is 5.92 Å². The summed E-state index contributed by atoms with van der Waals surface area (Å²) >= 11 is 0. The molecule has 0 saturated carbocycles. The molecule has 0 bridgehead atoms. The summed E-state index contributed by atoms with van der Waals surface area (Å²) in [5, 5.41) is 0. The van der Waals surface area contributed by atoms with Gasteiger partial charge in [-0.1, -0.05) is 67.6 Å². The third-order valence-corrected chi connectivity index (χ3v) is 4.65. The molecule has 1 heterocycles. The van der Waals surface area contributed by atoms with Gasteiger partial charge in [0.2, 0.25) is 0 Å². The fourth-order valence-electron chi connectivity index (χ4n) is 2.96. The molecule has 0 N–H and O–H groups in total. The van der Waals surface area contributed by atoms with E-state index in [2.05, 4.69) is 0 Å². The number of rotatable bonds is 6. The smallest absolute Gasteiger partial charge is 0.338 e. The van der Waals surface area contributed by atoms with Gasteiger partial charge in [-0.3, -0.25) is 0 Å². The van der Waals surface area contributed by atoms with Crippen LogP contribution in [0.5, 0.6) is 0 Å². The van der Waals surface area contributed by atoms with Crippen LogP contribution in [0.3, 0.4) is 0 Å². The van der Waals surface area contributed by atoms with E-state index in [-0.39, 0.29) is 24.1 Å². The van der Waals surface area contributed by atoms with Crippen LogP contribution in [0.4, 0.5) is 0 Å². The summed E-state index contributed by atoms with van der Waals surface area (Å²) in [4.78, 5) is 12.4. The molecule has 132 valence electrons. The highest BCUT2D eigenvalue weighted by molar-refractivity contribution is 5.76. The van der Waals surface area contributed by atoms with Gasteiger partial charge in [0.05, 0.1) is 13.2 Å². The molecular weight excluding hydrogens is 316 g/mol. The van der Waals surface area contributed by atoms with E-state index in [0.717, 1.165) is 11.1 Å². The molecule has 2 aromatic rings. The normalized spacial score (nSPS) is 26.2. The average molecular weight is 340 g/mol. The zero-order valence-corrected chi connectivity index (χ0v) is 14.6. The van der Waals surface area contributed by atoms with Gasteiger partial charge in [0.15, 0.2) is 6.10 Å². The molecule has 0 aliphatic carbocycles. The molecule has 0 aromatic heterocycles. The van der Waals surface area contributed by atoms with E-state index >= 15 is 0 Å². The maximum Gasteiger partial charge on any atom is 0.338 e. The maximum atomic E-state index is 12.4. The van der Waals surface area contributed by atoms with Gasteiger partial charge in [-0.05, 0) is 18.1 Å². The van der Waals surface area contributed by atoms with Crippen molar-refractivity contribution >= 4 is 5.97 Å². The molecule has 25 heavy (non-hydrogen) atoms. The highest BCUT2D eigenvalue weighted by Crippen LogP contribution is 2.28. The van der Waals surface area contributed by atoms with Gasteiger partial charge >= 0.3 is 5.97 Å². The number of cyclic esters (lactones) is 1. The number of esters is 1. The Labute approximate surface area is 148 Å². The van der Waals surface area contributed by atoms with Crippen LogP contribution in [-0.2, 0) is 32.2 Å². The molecule has 4 heteroatoms. The molecule has 3 rings (SSSR count).